The lowest BCUT2D eigenvalue weighted by Crippen LogP contribution is -2.15. The van der Waals surface area contributed by atoms with Crippen LogP contribution in [0.25, 0.3) is 11.4 Å². The predicted molar refractivity (Wildman–Crippen MR) is 91.8 cm³/mol. The van der Waals surface area contributed by atoms with Gasteiger partial charge in [-0.1, -0.05) is 0 Å². The van der Waals surface area contributed by atoms with Gasteiger partial charge in [-0.2, -0.15) is 0 Å². The molecule has 0 aromatic carbocycles. The van der Waals surface area contributed by atoms with E-state index in [1.54, 1.807) is 19.3 Å². The number of aromatic amines is 1. The van der Waals surface area contributed by atoms with E-state index in [2.05, 4.69) is 30.2 Å². The molecule has 0 unspecified atom stereocenters. The van der Waals surface area contributed by atoms with Crippen molar-refractivity contribution in [2.24, 2.45) is 0 Å². The topological polar surface area (TPSA) is 96.5 Å². The highest BCUT2D eigenvalue weighted by Gasteiger charge is 2.05. The number of H-pyrrole nitrogens is 1. The molecule has 7 heteroatoms. The Morgan fingerprint density at radius 3 is 2.71 bits per heavy atom. The van der Waals surface area contributed by atoms with E-state index < -0.39 is 0 Å². The van der Waals surface area contributed by atoms with E-state index in [0.717, 1.165) is 17.1 Å². The zero-order chi connectivity index (χ0) is 16.9. The van der Waals surface area contributed by atoms with Gasteiger partial charge in [0.25, 0.3) is 5.56 Å². The summed E-state index contributed by atoms with van der Waals surface area (Å²) in [7, 11) is 0. The van der Waals surface area contributed by atoms with Gasteiger partial charge < -0.3 is 10.3 Å². The maximum absolute atomic E-state index is 11.4. The fourth-order valence-corrected chi connectivity index (χ4v) is 2.35. The first-order valence-corrected chi connectivity index (χ1v) is 7.67. The van der Waals surface area contributed by atoms with Crippen LogP contribution in [0.3, 0.4) is 0 Å². The third-order valence-corrected chi connectivity index (χ3v) is 3.36. The van der Waals surface area contributed by atoms with E-state index in [-0.39, 0.29) is 5.56 Å². The monoisotopic (exact) mass is 322 g/mol. The standard InChI is InChI=1S/C17H18N6O/c1-11-8-15(23-17(21-11)13-4-3-6-18-10-13)19-7-5-14-20-12(2)9-16(24)22-14/h3-4,6,8-10H,5,7H2,1-2H3,(H,19,21,23)(H,20,22,24). The number of aryl methyl sites for hydroxylation is 2. The molecule has 0 saturated heterocycles. The van der Waals surface area contributed by atoms with Gasteiger partial charge in [0, 0.05) is 54.4 Å². The maximum Gasteiger partial charge on any atom is 0.251 e. The fraction of sp³-hybridized carbons (Fsp3) is 0.235. The van der Waals surface area contributed by atoms with Crippen molar-refractivity contribution in [2.45, 2.75) is 20.3 Å². The van der Waals surface area contributed by atoms with Crippen LogP contribution in [0.2, 0.25) is 0 Å². The molecule has 0 amide bonds. The molecule has 3 aromatic rings. The van der Waals surface area contributed by atoms with Crippen LogP contribution >= 0.6 is 0 Å². The highest BCUT2D eigenvalue weighted by molar-refractivity contribution is 5.56. The molecule has 0 fully saturated rings. The van der Waals surface area contributed by atoms with Crippen molar-refractivity contribution in [3.63, 3.8) is 0 Å². The largest absolute Gasteiger partial charge is 0.369 e. The molecule has 3 heterocycles. The summed E-state index contributed by atoms with van der Waals surface area (Å²) < 4.78 is 0. The lowest BCUT2D eigenvalue weighted by molar-refractivity contribution is 0.861. The molecular weight excluding hydrogens is 304 g/mol. The Morgan fingerprint density at radius 1 is 1.12 bits per heavy atom. The number of aromatic nitrogens is 5. The number of rotatable bonds is 5. The molecule has 0 aliphatic heterocycles. The molecule has 0 atom stereocenters. The first kappa shape index (κ1) is 15.8. The van der Waals surface area contributed by atoms with Crippen molar-refractivity contribution in [1.29, 1.82) is 0 Å². The SMILES string of the molecule is Cc1cc(NCCc2nc(C)cc(=O)[nH]2)nc(-c2cccnc2)n1. The summed E-state index contributed by atoms with van der Waals surface area (Å²) >= 11 is 0. The van der Waals surface area contributed by atoms with Crippen LogP contribution in [0.15, 0.2) is 41.5 Å². The summed E-state index contributed by atoms with van der Waals surface area (Å²) in [5.41, 5.74) is 2.32. The minimum Gasteiger partial charge on any atom is -0.369 e. The van der Waals surface area contributed by atoms with Gasteiger partial charge in [-0.25, -0.2) is 15.0 Å². The number of nitrogens with zero attached hydrogens (tertiary/aromatic N) is 4. The van der Waals surface area contributed by atoms with E-state index >= 15 is 0 Å². The molecule has 0 aliphatic rings. The van der Waals surface area contributed by atoms with Gasteiger partial charge in [0.05, 0.1) is 0 Å². The highest BCUT2D eigenvalue weighted by atomic mass is 16.1. The van der Waals surface area contributed by atoms with Gasteiger partial charge in [0.1, 0.15) is 11.6 Å². The number of hydrogen-bond donors (Lipinski definition) is 2. The summed E-state index contributed by atoms with van der Waals surface area (Å²) in [4.78, 5) is 31.5. The average Bonchev–Trinajstić information content (AvgIpc) is 2.54. The molecule has 3 rings (SSSR count). The summed E-state index contributed by atoms with van der Waals surface area (Å²) in [5, 5.41) is 3.25. The summed E-state index contributed by atoms with van der Waals surface area (Å²) in [6, 6.07) is 7.14. The zero-order valence-corrected chi connectivity index (χ0v) is 13.6. The van der Waals surface area contributed by atoms with Gasteiger partial charge in [-0.05, 0) is 26.0 Å². The molecule has 7 nitrogen and oxygen atoms in total. The first-order chi connectivity index (χ1) is 11.6. The Kier molecular flexibility index (Phi) is 4.60. The molecule has 2 N–H and O–H groups in total. The van der Waals surface area contributed by atoms with Crippen LogP contribution in [-0.4, -0.2) is 31.5 Å². The second kappa shape index (κ2) is 6.99. The van der Waals surface area contributed by atoms with E-state index in [0.29, 0.717) is 30.3 Å². The van der Waals surface area contributed by atoms with Crippen molar-refractivity contribution in [2.75, 3.05) is 11.9 Å². The third kappa shape index (κ3) is 4.01. The number of nitrogens with one attached hydrogen (secondary N) is 2. The lowest BCUT2D eigenvalue weighted by atomic mass is 10.2. The quantitative estimate of drug-likeness (QED) is 0.744. The molecule has 0 spiro atoms. The average molecular weight is 322 g/mol. The normalized spacial score (nSPS) is 10.6. The van der Waals surface area contributed by atoms with Gasteiger partial charge in [0.2, 0.25) is 0 Å². The molecule has 24 heavy (non-hydrogen) atoms. The van der Waals surface area contributed by atoms with Crippen molar-refractivity contribution < 1.29 is 0 Å². The van der Waals surface area contributed by atoms with Crippen molar-refractivity contribution in [3.05, 3.63) is 64.2 Å². The number of hydrogen-bond acceptors (Lipinski definition) is 6. The minimum atomic E-state index is -0.130. The van der Waals surface area contributed by atoms with Crippen LogP contribution < -0.4 is 10.9 Å². The highest BCUT2D eigenvalue weighted by Crippen LogP contribution is 2.16. The van der Waals surface area contributed by atoms with E-state index in [1.807, 2.05) is 25.1 Å². The predicted octanol–water partition coefficient (Wildman–Crippen LogP) is 1.89. The van der Waals surface area contributed by atoms with Crippen molar-refractivity contribution >= 4 is 5.82 Å². The summed E-state index contributed by atoms with van der Waals surface area (Å²) in [6.07, 6.45) is 4.05. The van der Waals surface area contributed by atoms with Gasteiger partial charge >= 0.3 is 0 Å². The molecule has 3 aromatic heterocycles. The second-order valence-electron chi connectivity index (χ2n) is 5.47. The second-order valence-corrected chi connectivity index (χ2v) is 5.47. The molecule has 0 bridgehead atoms. The molecule has 122 valence electrons. The molecule has 0 radical (unpaired) electrons. The third-order valence-electron chi connectivity index (χ3n) is 3.36. The number of anilines is 1. The Labute approximate surface area is 139 Å². The fourth-order valence-electron chi connectivity index (χ4n) is 2.35. The van der Waals surface area contributed by atoms with E-state index in [9.17, 15) is 4.79 Å². The van der Waals surface area contributed by atoms with Gasteiger partial charge in [0.15, 0.2) is 5.82 Å². The van der Waals surface area contributed by atoms with E-state index in [4.69, 9.17) is 0 Å². The van der Waals surface area contributed by atoms with Crippen LogP contribution in [0, 0.1) is 13.8 Å². The Morgan fingerprint density at radius 2 is 1.96 bits per heavy atom. The first-order valence-electron chi connectivity index (χ1n) is 7.67. The van der Waals surface area contributed by atoms with Crippen LogP contribution in [0.5, 0.6) is 0 Å². The summed E-state index contributed by atoms with van der Waals surface area (Å²) in [5.74, 6) is 2.02. The summed E-state index contributed by atoms with van der Waals surface area (Å²) in [6.45, 7) is 4.34. The van der Waals surface area contributed by atoms with Crippen LogP contribution in [-0.2, 0) is 6.42 Å². The zero-order valence-electron chi connectivity index (χ0n) is 13.6. The van der Waals surface area contributed by atoms with Gasteiger partial charge in [-0.15, -0.1) is 0 Å². The van der Waals surface area contributed by atoms with Crippen LogP contribution in [0.4, 0.5) is 5.82 Å². The maximum atomic E-state index is 11.4. The minimum absolute atomic E-state index is 0.130. The molecular formula is C17H18N6O. The lowest BCUT2D eigenvalue weighted by Gasteiger charge is -2.08. The number of pyridine rings is 1. The van der Waals surface area contributed by atoms with E-state index in [1.165, 1.54) is 6.07 Å². The Hall–Kier alpha value is -3.09. The van der Waals surface area contributed by atoms with Crippen LogP contribution in [0.1, 0.15) is 17.2 Å². The van der Waals surface area contributed by atoms with Gasteiger partial charge in [-0.3, -0.25) is 9.78 Å². The molecule has 0 saturated carbocycles. The Bertz CT molecular complexity index is 891. The van der Waals surface area contributed by atoms with Crippen molar-refractivity contribution in [1.82, 2.24) is 24.9 Å². The smallest absolute Gasteiger partial charge is 0.251 e. The van der Waals surface area contributed by atoms with Crippen molar-refractivity contribution in [3.8, 4) is 11.4 Å². The molecule has 0 aliphatic carbocycles. The Balaban J connectivity index is 1.71.